The third-order valence-electron chi connectivity index (χ3n) is 1.99. The maximum Gasteiger partial charge on any atom is 0.434 e. The summed E-state index contributed by atoms with van der Waals surface area (Å²) in [7, 11) is 0. The topological polar surface area (TPSA) is 56.3 Å². The Labute approximate surface area is 96.4 Å². The number of nitrogens with zero attached hydrogens (tertiary/aromatic N) is 1. The lowest BCUT2D eigenvalue weighted by Gasteiger charge is -1.97. The van der Waals surface area contributed by atoms with E-state index in [9.17, 15) is 10.1 Å². The average Bonchev–Trinajstić information content (AvgIpc) is 2.70. The predicted molar refractivity (Wildman–Crippen MR) is 60.7 cm³/mol. The van der Waals surface area contributed by atoms with Crippen LogP contribution in [0.4, 0.5) is 5.88 Å². The van der Waals surface area contributed by atoms with Gasteiger partial charge in [-0.25, -0.2) is 0 Å². The van der Waals surface area contributed by atoms with Crippen molar-refractivity contribution in [1.82, 2.24) is 0 Å². The molecule has 0 aliphatic rings. The zero-order valence-corrected chi connectivity index (χ0v) is 9.36. The number of hydrogen-bond acceptors (Lipinski definition) is 4. The first-order valence-electron chi connectivity index (χ1n) is 4.64. The molecule has 0 fully saturated rings. The molecule has 1 aromatic heterocycles. The van der Waals surface area contributed by atoms with Crippen molar-refractivity contribution >= 4 is 17.6 Å². The van der Waals surface area contributed by atoms with Gasteiger partial charge in [-0.15, -0.1) is 0 Å². The monoisotopic (exact) mass is 235 g/mol. The van der Waals surface area contributed by atoms with Crippen molar-refractivity contribution in [1.29, 1.82) is 0 Å². The van der Waals surface area contributed by atoms with E-state index < -0.39 is 4.92 Å². The third kappa shape index (κ3) is 2.43. The molecule has 4 nitrogen and oxygen atoms in total. The van der Waals surface area contributed by atoms with E-state index in [-0.39, 0.29) is 5.88 Å². The lowest BCUT2D eigenvalue weighted by atomic mass is 10.2. The van der Waals surface area contributed by atoms with E-state index in [1.54, 1.807) is 6.07 Å². The highest BCUT2D eigenvalue weighted by Gasteiger charge is 2.12. The Kier molecular flexibility index (Phi) is 2.96. The molecule has 5 heteroatoms. The van der Waals surface area contributed by atoms with Crippen molar-refractivity contribution in [3.05, 3.63) is 52.1 Å². The summed E-state index contributed by atoms with van der Waals surface area (Å²) in [4.78, 5) is 10.9. The van der Waals surface area contributed by atoms with Gasteiger partial charge in [0.15, 0.2) is 5.09 Å². The van der Waals surface area contributed by atoms with Gasteiger partial charge in [-0.3, -0.25) is 10.1 Å². The van der Waals surface area contributed by atoms with Gasteiger partial charge in [-0.2, -0.15) is 0 Å². The minimum absolute atomic E-state index is 0.227. The van der Waals surface area contributed by atoms with E-state index in [4.69, 9.17) is 4.42 Å². The second-order valence-electron chi connectivity index (χ2n) is 3.26. The first-order chi connectivity index (χ1) is 7.65. The highest BCUT2D eigenvalue weighted by Crippen LogP contribution is 2.31. The Morgan fingerprint density at radius 3 is 2.44 bits per heavy atom. The van der Waals surface area contributed by atoms with Crippen molar-refractivity contribution < 1.29 is 9.34 Å². The van der Waals surface area contributed by atoms with Crippen LogP contribution in [0.1, 0.15) is 5.56 Å². The summed E-state index contributed by atoms with van der Waals surface area (Å²) in [6.45, 7) is 2.01. The molecule has 0 saturated carbocycles. The van der Waals surface area contributed by atoms with Gasteiger partial charge in [0.1, 0.15) is 4.92 Å². The molecule has 0 bridgehead atoms. The zero-order chi connectivity index (χ0) is 11.5. The molecule has 0 spiro atoms. The van der Waals surface area contributed by atoms with Crippen LogP contribution >= 0.6 is 11.8 Å². The molecule has 0 N–H and O–H groups in total. The van der Waals surface area contributed by atoms with Crippen LogP contribution in [0.25, 0.3) is 0 Å². The van der Waals surface area contributed by atoms with Crippen molar-refractivity contribution in [3.8, 4) is 0 Å². The Balaban J connectivity index is 2.14. The average molecular weight is 235 g/mol. The van der Waals surface area contributed by atoms with Gasteiger partial charge < -0.3 is 4.42 Å². The van der Waals surface area contributed by atoms with Crippen LogP contribution in [-0.2, 0) is 0 Å². The SMILES string of the molecule is Cc1ccc(Sc2ccc([N+](=O)[O-])o2)cc1. The maximum absolute atomic E-state index is 10.4. The van der Waals surface area contributed by atoms with Gasteiger partial charge in [-0.05, 0) is 25.1 Å². The number of benzene rings is 1. The smallest absolute Gasteiger partial charge is 0.394 e. The van der Waals surface area contributed by atoms with Gasteiger partial charge in [0.2, 0.25) is 0 Å². The number of rotatable bonds is 3. The van der Waals surface area contributed by atoms with Crippen molar-refractivity contribution in [2.75, 3.05) is 0 Å². The molecule has 16 heavy (non-hydrogen) atoms. The summed E-state index contributed by atoms with van der Waals surface area (Å²) < 4.78 is 5.04. The predicted octanol–water partition coefficient (Wildman–Crippen LogP) is 3.65. The van der Waals surface area contributed by atoms with E-state index in [1.165, 1.54) is 23.4 Å². The first kappa shape index (κ1) is 10.8. The fourth-order valence-electron chi connectivity index (χ4n) is 1.19. The molecule has 0 radical (unpaired) electrons. The molecule has 0 unspecified atom stereocenters. The van der Waals surface area contributed by atoms with Crippen LogP contribution in [-0.4, -0.2) is 4.92 Å². The second-order valence-corrected chi connectivity index (χ2v) is 4.34. The van der Waals surface area contributed by atoms with Gasteiger partial charge in [0, 0.05) is 4.90 Å². The molecule has 0 atom stereocenters. The third-order valence-corrected chi connectivity index (χ3v) is 2.91. The molecular weight excluding hydrogens is 226 g/mol. The summed E-state index contributed by atoms with van der Waals surface area (Å²) >= 11 is 1.36. The Hall–Kier alpha value is -1.75. The Bertz CT molecular complexity index is 504. The van der Waals surface area contributed by atoms with E-state index in [2.05, 4.69) is 0 Å². The fourth-order valence-corrected chi connectivity index (χ4v) is 1.95. The fraction of sp³-hybridized carbons (Fsp3) is 0.0909. The van der Waals surface area contributed by atoms with Crippen molar-refractivity contribution in [3.63, 3.8) is 0 Å². The molecule has 0 aliphatic carbocycles. The van der Waals surface area contributed by atoms with Crippen molar-refractivity contribution in [2.45, 2.75) is 16.9 Å². The van der Waals surface area contributed by atoms with E-state index >= 15 is 0 Å². The first-order valence-corrected chi connectivity index (χ1v) is 5.45. The summed E-state index contributed by atoms with van der Waals surface area (Å²) in [5.74, 6) is -0.227. The summed E-state index contributed by atoms with van der Waals surface area (Å²) in [5, 5.41) is 10.9. The minimum Gasteiger partial charge on any atom is -0.394 e. The minimum atomic E-state index is -0.542. The highest BCUT2D eigenvalue weighted by molar-refractivity contribution is 7.99. The summed E-state index contributed by atoms with van der Waals surface area (Å²) in [5.41, 5.74) is 1.18. The lowest BCUT2D eigenvalue weighted by molar-refractivity contribution is -0.403. The van der Waals surface area contributed by atoms with Crippen LogP contribution in [0, 0.1) is 17.0 Å². The number of nitro groups is 1. The Morgan fingerprint density at radius 1 is 1.19 bits per heavy atom. The molecule has 82 valence electrons. The maximum atomic E-state index is 10.4. The van der Waals surface area contributed by atoms with Crippen LogP contribution in [0.5, 0.6) is 0 Å². The quantitative estimate of drug-likeness (QED) is 0.602. The molecule has 2 rings (SSSR count). The number of furan rings is 1. The van der Waals surface area contributed by atoms with E-state index in [0.717, 1.165) is 4.90 Å². The normalized spacial score (nSPS) is 10.3. The molecule has 0 aliphatic heterocycles. The van der Waals surface area contributed by atoms with Gasteiger partial charge in [-0.1, -0.05) is 29.5 Å². The van der Waals surface area contributed by atoms with Gasteiger partial charge in [0.05, 0.1) is 6.07 Å². The molecule has 2 aromatic rings. The van der Waals surface area contributed by atoms with Crippen LogP contribution in [0.2, 0.25) is 0 Å². The van der Waals surface area contributed by atoms with Crippen molar-refractivity contribution in [2.24, 2.45) is 0 Å². The molecule has 0 saturated heterocycles. The van der Waals surface area contributed by atoms with Crippen LogP contribution < -0.4 is 0 Å². The molecule has 1 heterocycles. The summed E-state index contributed by atoms with van der Waals surface area (Å²) in [6, 6.07) is 10.8. The Morgan fingerprint density at radius 2 is 1.88 bits per heavy atom. The van der Waals surface area contributed by atoms with Gasteiger partial charge >= 0.3 is 5.88 Å². The molecule has 0 amide bonds. The molecule has 1 aromatic carbocycles. The lowest BCUT2D eigenvalue weighted by Crippen LogP contribution is -1.82. The molecular formula is C11H9NO3S. The van der Waals surface area contributed by atoms with Gasteiger partial charge in [0.25, 0.3) is 0 Å². The largest absolute Gasteiger partial charge is 0.434 e. The second kappa shape index (κ2) is 4.40. The standard InChI is InChI=1S/C11H9NO3S/c1-8-2-4-9(5-3-8)16-11-7-6-10(15-11)12(13)14/h2-7H,1H3. The summed E-state index contributed by atoms with van der Waals surface area (Å²) in [6.07, 6.45) is 0. The van der Waals surface area contributed by atoms with Crippen LogP contribution in [0.15, 0.2) is 50.8 Å². The highest BCUT2D eigenvalue weighted by atomic mass is 32.2. The van der Waals surface area contributed by atoms with Crippen LogP contribution in [0.3, 0.4) is 0 Å². The number of aryl methyl sites for hydroxylation is 1. The number of hydrogen-bond donors (Lipinski definition) is 0. The van der Waals surface area contributed by atoms with E-state index in [1.807, 2.05) is 31.2 Å². The zero-order valence-electron chi connectivity index (χ0n) is 8.54. The van der Waals surface area contributed by atoms with E-state index in [0.29, 0.717) is 5.09 Å².